The standard InChI is InChI=1S/C26H22N2O2/c1-29-20-13-10-18(11-14-20)25-24-22-9-4-3-6-17(22)12-15-23(24)27-26(28-25)19-7-5-8-21(16-19)30-2/h3-16,25H,1-2H3,(H,27,28)/t25-/m1/s1. The van der Waals surface area contributed by atoms with Gasteiger partial charge in [0.05, 0.1) is 14.2 Å². The largest absolute Gasteiger partial charge is 0.497 e. The molecule has 4 heteroatoms. The van der Waals surface area contributed by atoms with Crippen LogP contribution in [0, 0.1) is 0 Å². The van der Waals surface area contributed by atoms with E-state index in [0.29, 0.717) is 0 Å². The SMILES string of the molecule is COc1ccc([C@H]2N=C(c3cccc(OC)c3)Nc3ccc4ccccc4c32)cc1. The van der Waals surface area contributed by atoms with Gasteiger partial charge < -0.3 is 14.8 Å². The molecule has 1 heterocycles. The second kappa shape index (κ2) is 7.56. The molecule has 30 heavy (non-hydrogen) atoms. The summed E-state index contributed by atoms with van der Waals surface area (Å²) in [7, 11) is 3.36. The molecule has 4 aromatic rings. The summed E-state index contributed by atoms with van der Waals surface area (Å²) in [5.74, 6) is 2.47. The van der Waals surface area contributed by atoms with Gasteiger partial charge in [-0.1, -0.05) is 54.6 Å². The monoisotopic (exact) mass is 394 g/mol. The Morgan fingerprint density at radius 1 is 0.767 bits per heavy atom. The average molecular weight is 394 g/mol. The first-order chi connectivity index (χ1) is 14.8. The van der Waals surface area contributed by atoms with E-state index in [9.17, 15) is 0 Å². The number of hydrogen-bond acceptors (Lipinski definition) is 4. The number of nitrogens with one attached hydrogen (secondary N) is 1. The number of amidine groups is 1. The maximum atomic E-state index is 5.41. The number of hydrogen-bond donors (Lipinski definition) is 1. The highest BCUT2D eigenvalue weighted by Gasteiger charge is 2.26. The van der Waals surface area contributed by atoms with Crippen molar-refractivity contribution in [2.24, 2.45) is 4.99 Å². The maximum Gasteiger partial charge on any atom is 0.133 e. The maximum absolute atomic E-state index is 5.41. The molecule has 0 spiro atoms. The number of methoxy groups -OCH3 is 2. The van der Waals surface area contributed by atoms with Crippen molar-refractivity contribution in [3.8, 4) is 11.5 Å². The summed E-state index contributed by atoms with van der Waals surface area (Å²) in [5, 5.41) is 5.96. The molecule has 0 saturated heterocycles. The summed E-state index contributed by atoms with van der Waals surface area (Å²) < 4.78 is 10.8. The first-order valence-electron chi connectivity index (χ1n) is 9.91. The van der Waals surface area contributed by atoms with Crippen LogP contribution in [0.1, 0.15) is 22.7 Å². The summed E-state index contributed by atoms with van der Waals surface area (Å²) in [6, 6.07) is 28.8. The van der Waals surface area contributed by atoms with Gasteiger partial charge in [-0.25, -0.2) is 0 Å². The predicted molar refractivity (Wildman–Crippen MR) is 122 cm³/mol. The number of nitrogens with zero attached hydrogens (tertiary/aromatic N) is 1. The number of aliphatic imine (C=N–C) groups is 1. The third-order valence-corrected chi connectivity index (χ3v) is 5.53. The molecule has 5 rings (SSSR count). The Labute approximate surface area is 175 Å². The van der Waals surface area contributed by atoms with Crippen LogP contribution < -0.4 is 14.8 Å². The minimum absolute atomic E-state index is 0.126. The van der Waals surface area contributed by atoms with E-state index in [2.05, 4.69) is 53.8 Å². The third-order valence-electron chi connectivity index (χ3n) is 5.53. The summed E-state index contributed by atoms with van der Waals surface area (Å²) in [4.78, 5) is 5.15. The molecule has 0 amide bonds. The molecule has 1 aliphatic heterocycles. The first kappa shape index (κ1) is 18.3. The van der Waals surface area contributed by atoms with Crippen LogP contribution in [0.4, 0.5) is 5.69 Å². The van der Waals surface area contributed by atoms with Crippen LogP contribution in [0.3, 0.4) is 0 Å². The Hall–Kier alpha value is -3.79. The molecular formula is C26H22N2O2. The molecule has 1 atom stereocenters. The van der Waals surface area contributed by atoms with Gasteiger partial charge in [-0.3, -0.25) is 4.99 Å². The number of benzene rings is 4. The highest BCUT2D eigenvalue weighted by molar-refractivity contribution is 6.12. The van der Waals surface area contributed by atoms with Gasteiger partial charge in [-0.15, -0.1) is 0 Å². The van der Waals surface area contributed by atoms with Crippen molar-refractivity contribution in [3.05, 3.63) is 102 Å². The number of fused-ring (bicyclic) bond motifs is 3. The van der Waals surface area contributed by atoms with Crippen LogP contribution in [0.15, 0.2) is 89.9 Å². The van der Waals surface area contributed by atoms with Crippen molar-refractivity contribution in [1.82, 2.24) is 0 Å². The van der Waals surface area contributed by atoms with E-state index in [1.165, 1.54) is 16.3 Å². The van der Waals surface area contributed by atoms with E-state index in [0.717, 1.165) is 34.1 Å². The molecule has 1 N–H and O–H groups in total. The minimum Gasteiger partial charge on any atom is -0.497 e. The summed E-state index contributed by atoms with van der Waals surface area (Å²) >= 11 is 0. The molecule has 0 saturated carbocycles. The lowest BCUT2D eigenvalue weighted by Crippen LogP contribution is -2.22. The molecule has 4 aromatic carbocycles. The van der Waals surface area contributed by atoms with E-state index >= 15 is 0 Å². The highest BCUT2D eigenvalue weighted by atomic mass is 16.5. The Morgan fingerprint density at radius 2 is 1.57 bits per heavy atom. The molecular weight excluding hydrogens is 372 g/mol. The van der Waals surface area contributed by atoms with Gasteiger partial charge in [0, 0.05) is 16.8 Å². The molecule has 0 aliphatic carbocycles. The Kier molecular flexibility index (Phi) is 4.60. The van der Waals surface area contributed by atoms with Crippen LogP contribution >= 0.6 is 0 Å². The Balaban J connectivity index is 1.70. The van der Waals surface area contributed by atoms with Crippen molar-refractivity contribution in [3.63, 3.8) is 0 Å². The molecule has 0 fully saturated rings. The molecule has 0 bridgehead atoms. The van der Waals surface area contributed by atoms with Crippen LogP contribution in [0.2, 0.25) is 0 Å². The fraction of sp³-hybridized carbons (Fsp3) is 0.115. The number of rotatable bonds is 4. The van der Waals surface area contributed by atoms with Crippen molar-refractivity contribution in [2.45, 2.75) is 6.04 Å². The second-order valence-corrected chi connectivity index (χ2v) is 7.26. The number of ether oxygens (including phenoxy) is 2. The fourth-order valence-electron chi connectivity index (χ4n) is 4.00. The van der Waals surface area contributed by atoms with E-state index < -0.39 is 0 Å². The number of anilines is 1. The lowest BCUT2D eigenvalue weighted by molar-refractivity contribution is 0.414. The third kappa shape index (κ3) is 3.16. The van der Waals surface area contributed by atoms with Crippen LogP contribution in [0.5, 0.6) is 11.5 Å². The van der Waals surface area contributed by atoms with E-state index in [1.54, 1.807) is 14.2 Å². The van der Waals surface area contributed by atoms with Crippen molar-refractivity contribution in [1.29, 1.82) is 0 Å². The van der Waals surface area contributed by atoms with Gasteiger partial charge in [0.15, 0.2) is 0 Å². The van der Waals surface area contributed by atoms with Crippen molar-refractivity contribution in [2.75, 3.05) is 19.5 Å². The van der Waals surface area contributed by atoms with Gasteiger partial charge in [0.1, 0.15) is 23.4 Å². The van der Waals surface area contributed by atoms with Crippen molar-refractivity contribution >= 4 is 22.3 Å². The molecule has 0 unspecified atom stereocenters. The first-order valence-corrected chi connectivity index (χ1v) is 9.91. The van der Waals surface area contributed by atoms with E-state index in [-0.39, 0.29) is 6.04 Å². The molecule has 4 nitrogen and oxygen atoms in total. The smallest absolute Gasteiger partial charge is 0.133 e. The normalized spacial score (nSPS) is 15.1. The van der Waals surface area contributed by atoms with Gasteiger partial charge in [-0.2, -0.15) is 0 Å². The summed E-state index contributed by atoms with van der Waals surface area (Å²) in [5.41, 5.74) is 4.37. The summed E-state index contributed by atoms with van der Waals surface area (Å²) in [6.45, 7) is 0. The van der Waals surface area contributed by atoms with Gasteiger partial charge >= 0.3 is 0 Å². The van der Waals surface area contributed by atoms with Crippen LogP contribution in [0.25, 0.3) is 10.8 Å². The second-order valence-electron chi connectivity index (χ2n) is 7.26. The topological polar surface area (TPSA) is 42.9 Å². The molecule has 148 valence electrons. The van der Waals surface area contributed by atoms with Gasteiger partial charge in [-0.05, 0) is 46.7 Å². The minimum atomic E-state index is -0.126. The van der Waals surface area contributed by atoms with Crippen LogP contribution in [-0.2, 0) is 0 Å². The van der Waals surface area contributed by atoms with Gasteiger partial charge in [0.2, 0.25) is 0 Å². The fourth-order valence-corrected chi connectivity index (χ4v) is 4.00. The summed E-state index contributed by atoms with van der Waals surface area (Å²) in [6.07, 6.45) is 0. The van der Waals surface area contributed by atoms with Crippen LogP contribution in [-0.4, -0.2) is 20.1 Å². The Bertz CT molecular complexity index is 1250. The zero-order valence-corrected chi connectivity index (χ0v) is 16.9. The molecule has 0 aromatic heterocycles. The predicted octanol–water partition coefficient (Wildman–Crippen LogP) is 5.82. The van der Waals surface area contributed by atoms with E-state index in [4.69, 9.17) is 14.5 Å². The lowest BCUT2D eigenvalue weighted by atomic mass is 9.90. The van der Waals surface area contributed by atoms with Crippen molar-refractivity contribution < 1.29 is 9.47 Å². The zero-order chi connectivity index (χ0) is 20.5. The lowest BCUT2D eigenvalue weighted by Gasteiger charge is -2.27. The Morgan fingerprint density at radius 3 is 2.37 bits per heavy atom. The molecule has 1 aliphatic rings. The highest BCUT2D eigenvalue weighted by Crippen LogP contribution is 2.41. The van der Waals surface area contributed by atoms with Gasteiger partial charge in [0.25, 0.3) is 0 Å². The quantitative estimate of drug-likeness (QED) is 0.474. The zero-order valence-electron chi connectivity index (χ0n) is 16.9. The average Bonchev–Trinajstić information content (AvgIpc) is 2.83. The molecule has 0 radical (unpaired) electrons. The van der Waals surface area contributed by atoms with E-state index in [1.807, 2.05) is 36.4 Å².